The Morgan fingerprint density at radius 3 is 1.89 bits per heavy atom. The number of nitrogens with zero attached hydrogens (tertiary/aromatic N) is 1. The SMILES string of the molecule is CC[Si](C#Cc1c([Si](CC)(CC)CC)cc(I)c2c1CN(S(=O)(=O)c1ccc(C)cc1)C2)(CC)CC. The number of sulfonamides is 1. The maximum Gasteiger partial charge on any atom is 0.243 e. The van der Waals surface area contributed by atoms with E-state index in [4.69, 9.17) is 0 Å². The highest BCUT2D eigenvalue weighted by Gasteiger charge is 2.38. The van der Waals surface area contributed by atoms with Crippen LogP contribution in [0.2, 0.25) is 36.3 Å². The summed E-state index contributed by atoms with van der Waals surface area (Å²) in [5, 5.41) is 1.46. The second-order valence-electron chi connectivity index (χ2n) is 10.3. The van der Waals surface area contributed by atoms with Crippen molar-refractivity contribution in [2.24, 2.45) is 0 Å². The van der Waals surface area contributed by atoms with Crippen LogP contribution in [0.3, 0.4) is 0 Å². The summed E-state index contributed by atoms with van der Waals surface area (Å²) in [6.07, 6.45) is 0. The number of hydrogen-bond acceptors (Lipinski definition) is 2. The molecule has 0 N–H and O–H groups in total. The molecule has 0 saturated carbocycles. The summed E-state index contributed by atoms with van der Waals surface area (Å²) in [6.45, 7) is 16.7. The van der Waals surface area contributed by atoms with E-state index in [0.717, 1.165) is 11.1 Å². The zero-order valence-corrected chi connectivity index (χ0v) is 28.1. The first-order chi connectivity index (χ1) is 17.1. The van der Waals surface area contributed by atoms with Crippen LogP contribution in [0.5, 0.6) is 0 Å². The average Bonchev–Trinajstić information content (AvgIpc) is 3.35. The molecule has 3 rings (SSSR count). The molecular formula is C29H42INO2SSi2. The van der Waals surface area contributed by atoms with Crippen LogP contribution in [0.25, 0.3) is 0 Å². The second-order valence-corrected chi connectivity index (χ2v) is 23.5. The summed E-state index contributed by atoms with van der Waals surface area (Å²) in [5.41, 5.74) is 8.42. The predicted octanol–water partition coefficient (Wildman–Crippen LogP) is 7.42. The Bertz CT molecular complexity index is 1240. The third-order valence-corrected chi connectivity index (χ3v) is 22.0. The molecule has 2 aromatic rings. The average molecular weight is 652 g/mol. The van der Waals surface area contributed by atoms with Gasteiger partial charge < -0.3 is 0 Å². The van der Waals surface area contributed by atoms with Gasteiger partial charge in [-0.1, -0.05) is 83.3 Å². The molecule has 0 fully saturated rings. The largest absolute Gasteiger partial charge is 0.243 e. The van der Waals surface area contributed by atoms with Crippen LogP contribution in [0.4, 0.5) is 0 Å². The lowest BCUT2D eigenvalue weighted by molar-refractivity contribution is 0.431. The van der Waals surface area contributed by atoms with Gasteiger partial charge in [0.15, 0.2) is 0 Å². The lowest BCUT2D eigenvalue weighted by atomic mass is 10.0. The van der Waals surface area contributed by atoms with Crippen LogP contribution in [-0.2, 0) is 23.1 Å². The van der Waals surface area contributed by atoms with Crippen LogP contribution >= 0.6 is 22.6 Å². The molecule has 1 aliphatic heterocycles. The molecule has 0 aliphatic carbocycles. The van der Waals surface area contributed by atoms with Crippen molar-refractivity contribution in [2.75, 3.05) is 0 Å². The highest BCUT2D eigenvalue weighted by Crippen LogP contribution is 2.35. The second kappa shape index (κ2) is 11.9. The predicted molar refractivity (Wildman–Crippen MR) is 168 cm³/mol. The van der Waals surface area contributed by atoms with Gasteiger partial charge in [0.05, 0.1) is 13.0 Å². The van der Waals surface area contributed by atoms with Gasteiger partial charge in [-0.2, -0.15) is 4.31 Å². The van der Waals surface area contributed by atoms with Crippen molar-refractivity contribution < 1.29 is 8.42 Å². The van der Waals surface area contributed by atoms with Gasteiger partial charge in [-0.05, 0) is 82.2 Å². The normalized spacial score (nSPS) is 14.4. The van der Waals surface area contributed by atoms with Crippen LogP contribution in [-0.4, -0.2) is 28.9 Å². The van der Waals surface area contributed by atoms with E-state index in [2.05, 4.69) is 81.7 Å². The van der Waals surface area contributed by atoms with Crippen molar-refractivity contribution in [1.29, 1.82) is 0 Å². The Kier molecular flexibility index (Phi) is 9.76. The van der Waals surface area contributed by atoms with E-state index in [1.807, 2.05) is 19.1 Å². The first-order valence-electron chi connectivity index (χ1n) is 13.5. The molecule has 7 heteroatoms. The molecule has 0 unspecified atom stereocenters. The monoisotopic (exact) mass is 651 g/mol. The molecule has 0 bridgehead atoms. The molecule has 0 atom stereocenters. The van der Waals surface area contributed by atoms with Gasteiger partial charge in [-0.15, -0.1) is 5.54 Å². The number of benzene rings is 2. The van der Waals surface area contributed by atoms with E-state index in [1.165, 1.54) is 56.1 Å². The number of fused-ring (bicyclic) bond motifs is 1. The van der Waals surface area contributed by atoms with Crippen LogP contribution in [0.15, 0.2) is 35.2 Å². The molecule has 0 radical (unpaired) electrons. The number of halogens is 1. The molecule has 0 saturated heterocycles. The van der Waals surface area contributed by atoms with Crippen LogP contribution in [0, 0.1) is 22.0 Å². The van der Waals surface area contributed by atoms with Crippen molar-refractivity contribution in [3.05, 3.63) is 56.2 Å². The zero-order valence-electron chi connectivity index (χ0n) is 23.1. The van der Waals surface area contributed by atoms with Gasteiger partial charge in [-0.25, -0.2) is 8.42 Å². The number of hydrogen-bond donors (Lipinski definition) is 0. The third-order valence-electron chi connectivity index (χ3n) is 8.91. The van der Waals surface area contributed by atoms with E-state index in [0.29, 0.717) is 18.0 Å². The van der Waals surface area contributed by atoms with Crippen molar-refractivity contribution in [3.8, 4) is 11.5 Å². The summed E-state index contributed by atoms with van der Waals surface area (Å²) in [4.78, 5) is 0.373. The van der Waals surface area contributed by atoms with E-state index >= 15 is 0 Å². The molecular weight excluding hydrogens is 609 g/mol. The summed E-state index contributed by atoms with van der Waals surface area (Å²) in [6, 6.07) is 16.7. The van der Waals surface area contributed by atoms with Crippen LogP contribution in [0.1, 0.15) is 63.8 Å². The minimum atomic E-state index is -3.58. The summed E-state index contributed by atoms with van der Waals surface area (Å²) in [5.74, 6) is 3.78. The molecule has 36 heavy (non-hydrogen) atoms. The maximum atomic E-state index is 13.6. The molecule has 2 aromatic carbocycles. The molecule has 3 nitrogen and oxygen atoms in total. The Balaban J connectivity index is 2.23. The Labute approximate surface area is 235 Å². The molecule has 196 valence electrons. The molecule has 0 amide bonds. The van der Waals surface area contributed by atoms with Crippen LogP contribution < -0.4 is 5.19 Å². The molecule has 1 aliphatic rings. The Hall–Kier alpha value is -0.926. The highest BCUT2D eigenvalue weighted by atomic mass is 127. The first-order valence-corrected chi connectivity index (χ1v) is 21.3. The highest BCUT2D eigenvalue weighted by molar-refractivity contribution is 14.1. The van der Waals surface area contributed by atoms with Gasteiger partial charge in [0.2, 0.25) is 10.0 Å². The minimum absolute atomic E-state index is 0.373. The fraction of sp³-hybridized carbons (Fsp3) is 0.517. The van der Waals surface area contributed by atoms with Crippen molar-refractivity contribution in [1.82, 2.24) is 4.31 Å². The maximum absolute atomic E-state index is 13.6. The summed E-state index contributed by atoms with van der Waals surface area (Å²) in [7, 11) is -6.96. The fourth-order valence-corrected chi connectivity index (χ4v) is 14.4. The Morgan fingerprint density at radius 1 is 0.861 bits per heavy atom. The Morgan fingerprint density at radius 2 is 1.39 bits per heavy atom. The molecule has 0 spiro atoms. The van der Waals surface area contributed by atoms with Gasteiger partial charge in [0.25, 0.3) is 0 Å². The first kappa shape index (κ1) is 29.6. The standard InChI is InChI=1S/C29H42INO2SSi2/c1-8-35(9-2,10-3)19-18-25-26-21-31(34(32,33)24-16-14-23(7)15-17-24)22-27(26)28(30)20-29(25)36(11-4,12-5)13-6/h14-17,20H,8-13,21-22H2,1-7H3. The van der Waals surface area contributed by atoms with E-state index < -0.39 is 26.2 Å². The topological polar surface area (TPSA) is 37.4 Å². The van der Waals surface area contributed by atoms with Crippen molar-refractivity contribution in [3.63, 3.8) is 0 Å². The van der Waals surface area contributed by atoms with Crippen molar-refractivity contribution >= 4 is 53.9 Å². The third kappa shape index (κ3) is 5.44. The summed E-state index contributed by atoms with van der Waals surface area (Å²) < 4.78 is 30.2. The van der Waals surface area contributed by atoms with Gasteiger partial charge in [0, 0.05) is 22.2 Å². The van der Waals surface area contributed by atoms with Gasteiger partial charge in [0.1, 0.15) is 8.07 Å². The zero-order chi connectivity index (χ0) is 26.7. The minimum Gasteiger partial charge on any atom is -0.207 e. The quantitative estimate of drug-likeness (QED) is 0.161. The number of rotatable bonds is 9. The molecule has 1 heterocycles. The van der Waals surface area contributed by atoms with E-state index in [1.54, 1.807) is 16.4 Å². The van der Waals surface area contributed by atoms with E-state index in [9.17, 15) is 8.42 Å². The summed E-state index contributed by atoms with van der Waals surface area (Å²) >= 11 is 2.44. The smallest absolute Gasteiger partial charge is 0.207 e. The van der Waals surface area contributed by atoms with Crippen molar-refractivity contribution in [2.45, 2.75) is 103 Å². The van der Waals surface area contributed by atoms with Gasteiger partial charge >= 0.3 is 0 Å². The number of aryl methyl sites for hydroxylation is 1. The van der Waals surface area contributed by atoms with E-state index in [-0.39, 0.29) is 0 Å². The van der Waals surface area contributed by atoms with Gasteiger partial charge in [-0.3, -0.25) is 0 Å². The fourth-order valence-electron chi connectivity index (χ4n) is 5.62. The lowest BCUT2D eigenvalue weighted by Crippen LogP contribution is -2.48. The lowest BCUT2D eigenvalue weighted by Gasteiger charge is -2.31. The molecule has 0 aromatic heterocycles.